The van der Waals surface area contributed by atoms with Crippen molar-refractivity contribution >= 4 is 0 Å². The van der Waals surface area contributed by atoms with Crippen molar-refractivity contribution < 1.29 is 9.84 Å². The van der Waals surface area contributed by atoms with Crippen LogP contribution in [0.4, 0.5) is 0 Å². The zero-order valence-corrected chi connectivity index (χ0v) is 9.91. The summed E-state index contributed by atoms with van der Waals surface area (Å²) in [5.41, 5.74) is 2.07. The third kappa shape index (κ3) is 2.76. The Bertz CT molecular complexity index is 341. The van der Waals surface area contributed by atoms with Gasteiger partial charge in [0.25, 0.3) is 0 Å². The van der Waals surface area contributed by atoms with Gasteiger partial charge in [0, 0.05) is 5.56 Å². The fraction of sp³-hybridized carbons (Fsp3) is 0.571. The molecule has 0 atom stereocenters. The fourth-order valence-corrected chi connectivity index (χ4v) is 2.36. The Labute approximate surface area is 97.3 Å². The van der Waals surface area contributed by atoms with Crippen LogP contribution in [0.15, 0.2) is 18.2 Å². The van der Waals surface area contributed by atoms with Crippen LogP contribution in [0.2, 0.25) is 0 Å². The van der Waals surface area contributed by atoms with Gasteiger partial charge in [-0.15, -0.1) is 0 Å². The molecule has 1 N–H and O–H groups in total. The summed E-state index contributed by atoms with van der Waals surface area (Å²) in [6.07, 6.45) is 5.27. The summed E-state index contributed by atoms with van der Waals surface area (Å²) in [5.74, 6) is 1.56. The minimum absolute atomic E-state index is 0.0572. The van der Waals surface area contributed by atoms with E-state index in [1.165, 1.54) is 25.7 Å². The van der Waals surface area contributed by atoms with Crippen LogP contribution in [-0.2, 0) is 6.61 Å². The molecule has 1 aromatic rings. The van der Waals surface area contributed by atoms with Crippen LogP contribution in [0.5, 0.6) is 5.75 Å². The molecule has 0 amide bonds. The van der Waals surface area contributed by atoms with Gasteiger partial charge in [-0.25, -0.2) is 0 Å². The van der Waals surface area contributed by atoms with E-state index in [4.69, 9.17) is 4.74 Å². The molecule has 2 nitrogen and oxygen atoms in total. The molecule has 1 aromatic carbocycles. The van der Waals surface area contributed by atoms with Crippen LogP contribution >= 0.6 is 0 Å². The van der Waals surface area contributed by atoms with Crippen LogP contribution < -0.4 is 4.74 Å². The molecule has 1 aliphatic rings. The minimum Gasteiger partial charge on any atom is -0.493 e. The highest BCUT2D eigenvalue weighted by atomic mass is 16.5. The second-order valence-electron chi connectivity index (χ2n) is 4.73. The van der Waals surface area contributed by atoms with Gasteiger partial charge >= 0.3 is 0 Å². The van der Waals surface area contributed by atoms with Crippen LogP contribution in [0.1, 0.15) is 36.8 Å². The summed E-state index contributed by atoms with van der Waals surface area (Å²) in [4.78, 5) is 0. The van der Waals surface area contributed by atoms with Crippen molar-refractivity contribution in [3.05, 3.63) is 29.3 Å². The first-order valence-corrected chi connectivity index (χ1v) is 6.13. The Morgan fingerprint density at radius 3 is 2.75 bits per heavy atom. The van der Waals surface area contributed by atoms with Gasteiger partial charge in [0.15, 0.2) is 0 Å². The summed E-state index contributed by atoms with van der Waals surface area (Å²) in [6, 6.07) is 5.99. The molecule has 88 valence electrons. The highest BCUT2D eigenvalue weighted by Gasteiger charge is 2.16. The van der Waals surface area contributed by atoms with Gasteiger partial charge in [0.05, 0.1) is 13.2 Å². The van der Waals surface area contributed by atoms with Crippen molar-refractivity contribution in [3.63, 3.8) is 0 Å². The normalized spacial score (nSPS) is 16.6. The molecule has 0 unspecified atom stereocenters. The second-order valence-corrected chi connectivity index (χ2v) is 4.73. The van der Waals surface area contributed by atoms with Gasteiger partial charge in [-0.1, -0.05) is 30.5 Å². The van der Waals surface area contributed by atoms with E-state index in [-0.39, 0.29) is 6.61 Å². The molecule has 0 aliphatic heterocycles. The molecule has 0 spiro atoms. The maximum Gasteiger partial charge on any atom is 0.124 e. The molecule has 2 rings (SSSR count). The predicted molar refractivity (Wildman–Crippen MR) is 64.6 cm³/mol. The van der Waals surface area contributed by atoms with Crippen molar-refractivity contribution in [2.24, 2.45) is 5.92 Å². The maximum atomic E-state index is 9.25. The zero-order chi connectivity index (χ0) is 11.4. The first-order valence-electron chi connectivity index (χ1n) is 6.13. The molecule has 0 aromatic heterocycles. The van der Waals surface area contributed by atoms with E-state index < -0.39 is 0 Å². The van der Waals surface area contributed by atoms with E-state index in [2.05, 4.69) is 0 Å². The summed E-state index contributed by atoms with van der Waals surface area (Å²) in [7, 11) is 0. The summed E-state index contributed by atoms with van der Waals surface area (Å²) < 4.78 is 5.81. The number of hydrogen-bond donors (Lipinski definition) is 1. The molecule has 2 heteroatoms. The molecular weight excluding hydrogens is 200 g/mol. The first-order chi connectivity index (χ1) is 7.79. The third-order valence-electron chi connectivity index (χ3n) is 3.34. The third-order valence-corrected chi connectivity index (χ3v) is 3.34. The lowest BCUT2D eigenvalue weighted by molar-refractivity contribution is 0.234. The second kappa shape index (κ2) is 5.35. The zero-order valence-electron chi connectivity index (χ0n) is 9.91. The highest BCUT2D eigenvalue weighted by Crippen LogP contribution is 2.27. The van der Waals surface area contributed by atoms with Crippen molar-refractivity contribution in [2.75, 3.05) is 6.61 Å². The molecule has 1 aliphatic carbocycles. The lowest BCUT2D eigenvalue weighted by atomic mass is 10.1. The lowest BCUT2D eigenvalue weighted by Gasteiger charge is -2.14. The van der Waals surface area contributed by atoms with Gasteiger partial charge < -0.3 is 9.84 Å². The maximum absolute atomic E-state index is 9.25. The number of benzene rings is 1. The van der Waals surface area contributed by atoms with E-state index in [0.717, 1.165) is 23.5 Å². The van der Waals surface area contributed by atoms with E-state index in [1.54, 1.807) is 0 Å². The number of aliphatic hydroxyl groups excluding tert-OH is 1. The standard InChI is InChI=1S/C14H20O2/c1-11-6-7-14(13(8-11)9-15)16-10-12-4-2-3-5-12/h6-8,12,15H,2-5,9-10H2,1H3. The fourth-order valence-electron chi connectivity index (χ4n) is 2.36. The predicted octanol–water partition coefficient (Wildman–Crippen LogP) is 3.06. The Balaban J connectivity index is 1.97. The SMILES string of the molecule is Cc1ccc(OCC2CCCC2)c(CO)c1. The van der Waals surface area contributed by atoms with Gasteiger partial charge in [0.1, 0.15) is 5.75 Å². The van der Waals surface area contributed by atoms with Crippen molar-refractivity contribution in [3.8, 4) is 5.75 Å². The van der Waals surface area contributed by atoms with Gasteiger partial charge in [-0.05, 0) is 31.7 Å². The van der Waals surface area contributed by atoms with E-state index in [9.17, 15) is 5.11 Å². The summed E-state index contributed by atoms with van der Waals surface area (Å²) in [6.45, 7) is 2.89. The number of aliphatic hydroxyl groups is 1. The average Bonchev–Trinajstić information content (AvgIpc) is 2.80. The van der Waals surface area contributed by atoms with E-state index in [0.29, 0.717) is 5.92 Å². The number of ether oxygens (including phenoxy) is 1. The monoisotopic (exact) mass is 220 g/mol. The van der Waals surface area contributed by atoms with Crippen molar-refractivity contribution in [1.82, 2.24) is 0 Å². The van der Waals surface area contributed by atoms with Crippen LogP contribution in [0.25, 0.3) is 0 Å². The van der Waals surface area contributed by atoms with Gasteiger partial charge in [-0.3, -0.25) is 0 Å². The quantitative estimate of drug-likeness (QED) is 0.845. The largest absolute Gasteiger partial charge is 0.493 e. The molecule has 0 bridgehead atoms. The van der Waals surface area contributed by atoms with Crippen LogP contribution in [0, 0.1) is 12.8 Å². The van der Waals surface area contributed by atoms with Crippen molar-refractivity contribution in [2.45, 2.75) is 39.2 Å². The average molecular weight is 220 g/mol. The Hall–Kier alpha value is -1.02. The molecule has 1 saturated carbocycles. The topological polar surface area (TPSA) is 29.5 Å². The summed E-state index contributed by atoms with van der Waals surface area (Å²) >= 11 is 0. The molecule has 0 saturated heterocycles. The van der Waals surface area contributed by atoms with Crippen LogP contribution in [0.3, 0.4) is 0 Å². The molecule has 16 heavy (non-hydrogen) atoms. The van der Waals surface area contributed by atoms with E-state index >= 15 is 0 Å². The molecule has 1 fully saturated rings. The Morgan fingerprint density at radius 1 is 1.31 bits per heavy atom. The Kier molecular flexibility index (Phi) is 3.83. The highest BCUT2D eigenvalue weighted by molar-refractivity contribution is 5.36. The van der Waals surface area contributed by atoms with Crippen molar-refractivity contribution in [1.29, 1.82) is 0 Å². The molecule has 0 radical (unpaired) electrons. The number of hydrogen-bond acceptors (Lipinski definition) is 2. The number of rotatable bonds is 4. The van der Waals surface area contributed by atoms with E-state index in [1.807, 2.05) is 25.1 Å². The molecule has 0 heterocycles. The minimum atomic E-state index is 0.0572. The Morgan fingerprint density at radius 2 is 2.06 bits per heavy atom. The smallest absolute Gasteiger partial charge is 0.124 e. The number of aryl methyl sites for hydroxylation is 1. The van der Waals surface area contributed by atoms with Crippen LogP contribution in [-0.4, -0.2) is 11.7 Å². The van der Waals surface area contributed by atoms with Gasteiger partial charge in [-0.2, -0.15) is 0 Å². The first kappa shape index (κ1) is 11.5. The summed E-state index contributed by atoms with van der Waals surface area (Å²) in [5, 5.41) is 9.25. The lowest BCUT2D eigenvalue weighted by Crippen LogP contribution is -2.09. The van der Waals surface area contributed by atoms with Gasteiger partial charge in [0.2, 0.25) is 0 Å². The molecular formula is C14H20O2.